The molecule has 0 aliphatic carbocycles. The smallest absolute Gasteiger partial charge is 0.161 e. The average Bonchev–Trinajstić information content (AvgIpc) is 2.78. The maximum Gasteiger partial charge on any atom is 0.161 e. The summed E-state index contributed by atoms with van der Waals surface area (Å²) in [6.07, 6.45) is 1.36. The summed E-state index contributed by atoms with van der Waals surface area (Å²) in [6.45, 7) is 0.544. The molecule has 96 valence electrons. The van der Waals surface area contributed by atoms with Gasteiger partial charge in [0.25, 0.3) is 0 Å². The summed E-state index contributed by atoms with van der Waals surface area (Å²) in [6, 6.07) is 1.41. The van der Waals surface area contributed by atoms with Crippen molar-refractivity contribution in [3.63, 3.8) is 0 Å². The number of halogens is 3. The first-order chi connectivity index (χ1) is 8.56. The van der Waals surface area contributed by atoms with Crippen LogP contribution < -0.4 is 0 Å². The van der Waals surface area contributed by atoms with Gasteiger partial charge in [0.2, 0.25) is 0 Å². The average molecular weight is 256 g/mol. The van der Waals surface area contributed by atoms with Gasteiger partial charge in [-0.2, -0.15) is 5.10 Å². The lowest BCUT2D eigenvalue weighted by atomic mass is 10.2. The number of aromatic amines is 1. The van der Waals surface area contributed by atoms with Gasteiger partial charge in [-0.05, 0) is 13.1 Å². The van der Waals surface area contributed by atoms with Crippen LogP contribution in [0.5, 0.6) is 0 Å². The van der Waals surface area contributed by atoms with Crippen molar-refractivity contribution in [1.82, 2.24) is 20.1 Å². The largest absolute Gasteiger partial charge is 0.295 e. The van der Waals surface area contributed by atoms with E-state index in [0.717, 1.165) is 6.07 Å². The zero-order valence-corrected chi connectivity index (χ0v) is 9.62. The number of nitrogens with zero attached hydrogens (tertiary/aromatic N) is 3. The van der Waals surface area contributed by atoms with Gasteiger partial charge in [0, 0.05) is 18.2 Å². The molecule has 7 heteroatoms. The Morgan fingerprint density at radius 3 is 2.50 bits per heavy atom. The van der Waals surface area contributed by atoms with Gasteiger partial charge in [-0.15, -0.1) is 0 Å². The first-order valence-corrected chi connectivity index (χ1v) is 5.22. The fourth-order valence-corrected chi connectivity index (χ4v) is 1.59. The third-order valence-corrected chi connectivity index (χ3v) is 2.41. The molecule has 0 saturated heterocycles. The Morgan fingerprint density at radius 1 is 1.11 bits per heavy atom. The molecule has 0 amide bonds. The summed E-state index contributed by atoms with van der Waals surface area (Å²) in [5, 5.41) is 6.34. The molecule has 1 aromatic carbocycles. The number of rotatable bonds is 4. The molecule has 1 aromatic heterocycles. The third-order valence-electron chi connectivity index (χ3n) is 2.41. The zero-order chi connectivity index (χ0) is 13.1. The highest BCUT2D eigenvalue weighted by Gasteiger charge is 2.12. The molecule has 0 bridgehead atoms. The summed E-state index contributed by atoms with van der Waals surface area (Å²) in [4.78, 5) is 5.62. The van der Waals surface area contributed by atoms with Crippen LogP contribution in [0.2, 0.25) is 0 Å². The Kier molecular flexibility index (Phi) is 3.61. The standard InChI is InChI=1S/C11H11F3N4/c1-18(5-11-15-6-16-17-11)4-7-2-9(13)10(14)3-8(7)12/h2-3,6H,4-5H2,1H3,(H,15,16,17). The number of hydrogen-bond donors (Lipinski definition) is 1. The van der Waals surface area contributed by atoms with Crippen LogP contribution in [0, 0.1) is 17.5 Å². The van der Waals surface area contributed by atoms with E-state index in [0.29, 0.717) is 18.4 Å². The van der Waals surface area contributed by atoms with Gasteiger partial charge < -0.3 is 0 Å². The lowest BCUT2D eigenvalue weighted by Gasteiger charge is -2.15. The van der Waals surface area contributed by atoms with E-state index < -0.39 is 17.5 Å². The first kappa shape index (κ1) is 12.6. The van der Waals surface area contributed by atoms with E-state index in [4.69, 9.17) is 0 Å². The molecule has 0 aliphatic rings. The zero-order valence-electron chi connectivity index (χ0n) is 9.62. The van der Waals surface area contributed by atoms with Crippen LogP contribution in [-0.4, -0.2) is 27.1 Å². The van der Waals surface area contributed by atoms with Crippen LogP contribution in [-0.2, 0) is 13.1 Å². The van der Waals surface area contributed by atoms with Crippen molar-refractivity contribution in [2.24, 2.45) is 0 Å². The molecule has 0 unspecified atom stereocenters. The number of H-pyrrole nitrogens is 1. The molecule has 0 aliphatic heterocycles. The predicted molar refractivity (Wildman–Crippen MR) is 57.9 cm³/mol. The van der Waals surface area contributed by atoms with Gasteiger partial charge >= 0.3 is 0 Å². The normalized spacial score (nSPS) is 11.2. The number of aromatic nitrogens is 3. The van der Waals surface area contributed by atoms with Gasteiger partial charge in [-0.3, -0.25) is 10.00 Å². The second-order valence-corrected chi connectivity index (χ2v) is 3.96. The molecule has 1 N–H and O–H groups in total. The number of benzene rings is 1. The Labute approximate surface area is 101 Å². The van der Waals surface area contributed by atoms with Crippen molar-refractivity contribution in [1.29, 1.82) is 0 Å². The highest BCUT2D eigenvalue weighted by molar-refractivity contribution is 5.20. The van der Waals surface area contributed by atoms with Crippen molar-refractivity contribution in [3.8, 4) is 0 Å². The van der Waals surface area contributed by atoms with E-state index in [1.807, 2.05) is 0 Å². The fourth-order valence-electron chi connectivity index (χ4n) is 1.59. The third kappa shape index (κ3) is 2.86. The van der Waals surface area contributed by atoms with Crippen molar-refractivity contribution >= 4 is 0 Å². The van der Waals surface area contributed by atoms with Gasteiger partial charge in [0.1, 0.15) is 18.0 Å². The molecule has 4 nitrogen and oxygen atoms in total. The quantitative estimate of drug-likeness (QED) is 0.849. The maximum atomic E-state index is 13.4. The minimum Gasteiger partial charge on any atom is -0.295 e. The van der Waals surface area contributed by atoms with E-state index in [2.05, 4.69) is 15.2 Å². The molecule has 0 spiro atoms. The van der Waals surface area contributed by atoms with Gasteiger partial charge in [-0.1, -0.05) is 0 Å². The monoisotopic (exact) mass is 256 g/mol. The Morgan fingerprint density at radius 2 is 1.83 bits per heavy atom. The van der Waals surface area contributed by atoms with E-state index in [9.17, 15) is 13.2 Å². The fraction of sp³-hybridized carbons (Fsp3) is 0.273. The van der Waals surface area contributed by atoms with Gasteiger partial charge in [0.05, 0.1) is 6.54 Å². The minimum absolute atomic E-state index is 0.0934. The summed E-state index contributed by atoms with van der Waals surface area (Å²) in [7, 11) is 1.71. The molecule has 1 heterocycles. The summed E-state index contributed by atoms with van der Waals surface area (Å²) in [5.74, 6) is -2.40. The molecule has 0 saturated carbocycles. The highest BCUT2D eigenvalue weighted by atomic mass is 19.2. The van der Waals surface area contributed by atoms with E-state index in [1.54, 1.807) is 11.9 Å². The Balaban J connectivity index is 2.07. The van der Waals surface area contributed by atoms with Gasteiger partial charge in [-0.25, -0.2) is 18.2 Å². The SMILES string of the molecule is CN(Cc1ncn[nH]1)Cc1cc(F)c(F)cc1F. The van der Waals surface area contributed by atoms with Crippen LogP contribution >= 0.6 is 0 Å². The summed E-state index contributed by atoms with van der Waals surface area (Å²) >= 11 is 0. The molecule has 18 heavy (non-hydrogen) atoms. The van der Waals surface area contributed by atoms with Gasteiger partial charge in [0.15, 0.2) is 11.6 Å². The van der Waals surface area contributed by atoms with Crippen molar-refractivity contribution in [2.75, 3.05) is 7.05 Å². The highest BCUT2D eigenvalue weighted by Crippen LogP contribution is 2.15. The summed E-state index contributed by atoms with van der Waals surface area (Å²) < 4.78 is 39.1. The molecule has 0 radical (unpaired) electrons. The topological polar surface area (TPSA) is 44.8 Å². The van der Waals surface area contributed by atoms with Crippen molar-refractivity contribution < 1.29 is 13.2 Å². The number of nitrogens with one attached hydrogen (secondary N) is 1. The van der Waals surface area contributed by atoms with E-state index in [1.165, 1.54) is 6.33 Å². The molecule has 2 aromatic rings. The van der Waals surface area contributed by atoms with E-state index >= 15 is 0 Å². The van der Waals surface area contributed by atoms with Crippen LogP contribution in [0.25, 0.3) is 0 Å². The van der Waals surface area contributed by atoms with Crippen LogP contribution in [0.15, 0.2) is 18.5 Å². The molecule has 0 fully saturated rings. The maximum absolute atomic E-state index is 13.4. The van der Waals surface area contributed by atoms with Crippen LogP contribution in [0.3, 0.4) is 0 Å². The van der Waals surface area contributed by atoms with Crippen LogP contribution in [0.4, 0.5) is 13.2 Å². The first-order valence-electron chi connectivity index (χ1n) is 5.22. The van der Waals surface area contributed by atoms with Crippen LogP contribution in [0.1, 0.15) is 11.4 Å². The molecule has 0 atom stereocenters. The lowest BCUT2D eigenvalue weighted by molar-refractivity contribution is 0.304. The predicted octanol–water partition coefficient (Wildman–Crippen LogP) is 1.85. The Bertz CT molecular complexity index is 527. The van der Waals surface area contributed by atoms with E-state index in [-0.39, 0.29) is 12.1 Å². The molecule has 2 rings (SSSR count). The number of hydrogen-bond acceptors (Lipinski definition) is 3. The minimum atomic E-state index is -1.19. The molecular weight excluding hydrogens is 245 g/mol. The second-order valence-electron chi connectivity index (χ2n) is 3.96. The second kappa shape index (κ2) is 5.18. The Hall–Kier alpha value is -1.89. The van der Waals surface area contributed by atoms with Crippen molar-refractivity contribution in [2.45, 2.75) is 13.1 Å². The van der Waals surface area contributed by atoms with Crippen molar-refractivity contribution in [3.05, 3.63) is 47.3 Å². The molecular formula is C11H11F3N4. The summed E-state index contributed by atoms with van der Waals surface area (Å²) in [5.41, 5.74) is 0.0934. The lowest BCUT2D eigenvalue weighted by Crippen LogP contribution is -2.19.